The van der Waals surface area contributed by atoms with Crippen molar-refractivity contribution in [2.24, 2.45) is 11.8 Å². The Morgan fingerprint density at radius 1 is 0.252 bits per heavy atom. The molecule has 0 bridgehead atoms. The molecule has 0 amide bonds. The van der Waals surface area contributed by atoms with Crippen LogP contribution in [0.3, 0.4) is 0 Å². The molecular formula is C88H172O17P2. The van der Waals surface area contributed by atoms with Gasteiger partial charge in [0.2, 0.25) is 0 Å². The molecular weight excluding hydrogens is 1390 g/mol. The van der Waals surface area contributed by atoms with Crippen molar-refractivity contribution in [3.05, 3.63) is 0 Å². The van der Waals surface area contributed by atoms with Crippen LogP contribution in [-0.2, 0) is 65.4 Å². The minimum atomic E-state index is -4.97. The normalized spacial score (nSPS) is 13.8. The molecule has 0 aromatic heterocycles. The predicted octanol–water partition coefficient (Wildman–Crippen LogP) is 27.0. The van der Waals surface area contributed by atoms with Crippen LogP contribution in [0.4, 0.5) is 0 Å². The number of carbonyl (C=O) groups excluding carboxylic acids is 4. The van der Waals surface area contributed by atoms with Gasteiger partial charge in [0.15, 0.2) is 12.2 Å². The van der Waals surface area contributed by atoms with Crippen molar-refractivity contribution in [1.29, 1.82) is 0 Å². The molecule has 0 fully saturated rings. The number of carbonyl (C=O) groups is 4. The van der Waals surface area contributed by atoms with Gasteiger partial charge in [0.25, 0.3) is 0 Å². The summed E-state index contributed by atoms with van der Waals surface area (Å²) in [6.45, 7) is 9.75. The van der Waals surface area contributed by atoms with E-state index in [2.05, 4.69) is 41.5 Å². The van der Waals surface area contributed by atoms with Crippen molar-refractivity contribution in [3.63, 3.8) is 0 Å². The number of hydrogen-bond donors (Lipinski definition) is 3. The standard InChI is InChI=1S/C88H172O17P2/c1-7-9-11-13-15-17-19-21-22-23-24-30-36-42-48-54-60-66-72-87(92)104-83(76-98-85(90)70-64-58-52-46-40-20-18-16-14-12-10-8-2)78-102-106(94,95)100-74-82(89)75-101-107(96,97)103-79-84(77-99-86(91)71-65-59-53-47-41-35-32-27-29-34-39-45-51-57-63-69-81(5)6)105-88(93)73-67-61-55-49-43-37-31-26-25-28-33-38-44-50-56-62-68-80(3)4/h80-84,89H,7-79H2,1-6H3,(H,94,95)(H,96,97)/t82-,83+,84+/m0/s1. The summed E-state index contributed by atoms with van der Waals surface area (Å²) in [5.74, 6) is -0.481. The van der Waals surface area contributed by atoms with E-state index in [0.717, 1.165) is 102 Å². The maximum absolute atomic E-state index is 13.2. The molecule has 0 aliphatic rings. The van der Waals surface area contributed by atoms with Crippen LogP contribution in [0.15, 0.2) is 0 Å². The molecule has 636 valence electrons. The van der Waals surface area contributed by atoms with Gasteiger partial charge in [0, 0.05) is 25.7 Å². The number of aliphatic hydroxyl groups is 1. The summed E-state index contributed by atoms with van der Waals surface area (Å²) in [6.07, 6.45) is 72.1. The molecule has 0 saturated heterocycles. The zero-order chi connectivity index (χ0) is 78.5. The lowest BCUT2D eigenvalue weighted by Crippen LogP contribution is -2.30. The van der Waals surface area contributed by atoms with E-state index in [1.165, 1.54) is 289 Å². The van der Waals surface area contributed by atoms with E-state index in [4.69, 9.17) is 37.0 Å². The molecule has 107 heavy (non-hydrogen) atoms. The van der Waals surface area contributed by atoms with Crippen molar-refractivity contribution in [1.82, 2.24) is 0 Å². The maximum Gasteiger partial charge on any atom is 0.472 e. The Morgan fingerprint density at radius 3 is 0.636 bits per heavy atom. The summed E-state index contributed by atoms with van der Waals surface area (Å²) in [7, 11) is -9.93. The second kappa shape index (κ2) is 79.3. The Kier molecular flexibility index (Phi) is 77.9. The van der Waals surface area contributed by atoms with E-state index in [-0.39, 0.29) is 25.7 Å². The Morgan fingerprint density at radius 2 is 0.430 bits per heavy atom. The summed E-state index contributed by atoms with van der Waals surface area (Å²) in [5, 5.41) is 10.7. The van der Waals surface area contributed by atoms with Crippen molar-refractivity contribution in [3.8, 4) is 0 Å². The first-order chi connectivity index (χ1) is 51.9. The minimum absolute atomic E-state index is 0.109. The second-order valence-electron chi connectivity index (χ2n) is 32.6. The van der Waals surface area contributed by atoms with Gasteiger partial charge in [-0.25, -0.2) is 9.13 Å². The third-order valence-electron chi connectivity index (χ3n) is 20.7. The molecule has 0 aromatic carbocycles. The molecule has 0 saturated carbocycles. The number of unbranched alkanes of at least 4 members (excludes halogenated alkanes) is 57. The fourth-order valence-corrected chi connectivity index (χ4v) is 15.4. The molecule has 3 N–H and O–H groups in total. The average Bonchev–Trinajstić information content (AvgIpc) is 0.913. The van der Waals surface area contributed by atoms with Gasteiger partial charge in [-0.05, 0) is 37.5 Å². The lowest BCUT2D eigenvalue weighted by atomic mass is 10.0. The van der Waals surface area contributed by atoms with Crippen molar-refractivity contribution in [2.75, 3.05) is 39.6 Å². The van der Waals surface area contributed by atoms with Gasteiger partial charge in [-0.1, -0.05) is 420 Å². The van der Waals surface area contributed by atoms with Gasteiger partial charge in [-0.2, -0.15) is 0 Å². The fraction of sp³-hybridized carbons (Fsp3) is 0.955. The maximum atomic E-state index is 13.2. The lowest BCUT2D eigenvalue weighted by molar-refractivity contribution is -0.161. The van der Waals surface area contributed by atoms with Crippen LogP contribution in [0.5, 0.6) is 0 Å². The third-order valence-corrected chi connectivity index (χ3v) is 22.6. The molecule has 0 aromatic rings. The molecule has 0 spiro atoms. The van der Waals surface area contributed by atoms with Crippen molar-refractivity contribution < 1.29 is 80.2 Å². The molecule has 19 heteroatoms. The highest BCUT2D eigenvalue weighted by Crippen LogP contribution is 2.45. The van der Waals surface area contributed by atoms with Gasteiger partial charge in [-0.3, -0.25) is 37.3 Å². The summed E-state index contributed by atoms with van der Waals surface area (Å²) in [4.78, 5) is 73.3. The van der Waals surface area contributed by atoms with E-state index in [1.54, 1.807) is 0 Å². The van der Waals surface area contributed by atoms with Gasteiger partial charge in [0.1, 0.15) is 19.3 Å². The number of hydrogen-bond acceptors (Lipinski definition) is 15. The molecule has 0 aliphatic heterocycles. The SMILES string of the molecule is CCCCCCCCCCCCCCCCCCCCC(=O)O[C@H](COC(=O)CCCCCCCCCCCCCC)COP(=O)(O)OC[C@H](O)COP(=O)(O)OC[C@@H](COC(=O)CCCCCCCCCCCCCCCCCC(C)C)OC(=O)CCCCCCCCCCCCCCCCCCC(C)C. The van der Waals surface area contributed by atoms with Crippen LogP contribution in [0, 0.1) is 11.8 Å². The minimum Gasteiger partial charge on any atom is -0.462 e. The zero-order valence-electron chi connectivity index (χ0n) is 70.5. The highest BCUT2D eigenvalue weighted by Gasteiger charge is 2.30. The summed E-state index contributed by atoms with van der Waals surface area (Å²) < 4.78 is 69.0. The molecule has 17 nitrogen and oxygen atoms in total. The van der Waals surface area contributed by atoms with Gasteiger partial charge < -0.3 is 33.8 Å². The first kappa shape index (κ1) is 105. The summed E-state index contributed by atoms with van der Waals surface area (Å²) in [5.41, 5.74) is 0. The molecule has 2 unspecified atom stereocenters. The highest BCUT2D eigenvalue weighted by atomic mass is 31.2. The molecule has 0 rings (SSSR count). The molecule has 0 aliphatic carbocycles. The average molecular weight is 1560 g/mol. The van der Waals surface area contributed by atoms with E-state index in [0.29, 0.717) is 25.7 Å². The van der Waals surface area contributed by atoms with Crippen LogP contribution >= 0.6 is 15.6 Å². The number of phosphoric ester groups is 2. The van der Waals surface area contributed by atoms with Crippen LogP contribution < -0.4 is 0 Å². The van der Waals surface area contributed by atoms with Crippen LogP contribution in [0.25, 0.3) is 0 Å². The van der Waals surface area contributed by atoms with E-state index in [1.807, 2.05) is 0 Å². The Balaban J connectivity index is 5.26. The van der Waals surface area contributed by atoms with Gasteiger partial charge in [0.05, 0.1) is 26.4 Å². The molecule has 0 radical (unpaired) electrons. The quantitative estimate of drug-likeness (QED) is 0.0222. The number of rotatable bonds is 87. The first-order valence-corrected chi connectivity index (χ1v) is 48.5. The van der Waals surface area contributed by atoms with Gasteiger partial charge in [-0.15, -0.1) is 0 Å². The molecule has 0 heterocycles. The first-order valence-electron chi connectivity index (χ1n) is 45.5. The smallest absolute Gasteiger partial charge is 0.462 e. The van der Waals surface area contributed by atoms with Crippen molar-refractivity contribution in [2.45, 2.75) is 490 Å². The molecule has 5 atom stereocenters. The summed E-state index contributed by atoms with van der Waals surface area (Å²) in [6, 6.07) is 0. The van der Waals surface area contributed by atoms with Crippen LogP contribution in [0.2, 0.25) is 0 Å². The van der Waals surface area contributed by atoms with E-state index >= 15 is 0 Å². The number of esters is 4. The van der Waals surface area contributed by atoms with Crippen LogP contribution in [-0.4, -0.2) is 96.7 Å². The number of aliphatic hydroxyl groups excluding tert-OH is 1. The van der Waals surface area contributed by atoms with Crippen molar-refractivity contribution >= 4 is 39.5 Å². The summed E-state index contributed by atoms with van der Waals surface area (Å²) >= 11 is 0. The monoisotopic (exact) mass is 1560 g/mol. The second-order valence-corrected chi connectivity index (χ2v) is 35.5. The predicted molar refractivity (Wildman–Crippen MR) is 442 cm³/mol. The van der Waals surface area contributed by atoms with E-state index < -0.39 is 97.5 Å². The Bertz CT molecular complexity index is 2050. The van der Waals surface area contributed by atoms with Crippen LogP contribution in [0.1, 0.15) is 472 Å². The Hall–Kier alpha value is -1.94. The topological polar surface area (TPSA) is 237 Å². The number of phosphoric acid groups is 2. The number of ether oxygens (including phenoxy) is 4. The highest BCUT2D eigenvalue weighted by molar-refractivity contribution is 7.47. The van der Waals surface area contributed by atoms with Gasteiger partial charge >= 0.3 is 39.5 Å². The largest absolute Gasteiger partial charge is 0.472 e. The third kappa shape index (κ3) is 81.9. The lowest BCUT2D eigenvalue weighted by Gasteiger charge is -2.21. The van der Waals surface area contributed by atoms with E-state index in [9.17, 15) is 43.2 Å². The Labute approximate surface area is 658 Å². The zero-order valence-corrected chi connectivity index (χ0v) is 72.2. The fourth-order valence-electron chi connectivity index (χ4n) is 13.8.